The van der Waals surface area contributed by atoms with E-state index in [0.29, 0.717) is 31.7 Å². The number of amides is 2. The minimum absolute atomic E-state index is 0.0157. The number of piperazine rings is 1. The molecule has 8 nitrogen and oxygen atoms in total. The second-order valence-corrected chi connectivity index (χ2v) is 11.2. The van der Waals surface area contributed by atoms with Crippen molar-refractivity contribution >= 4 is 17.5 Å². The lowest BCUT2D eigenvalue weighted by molar-refractivity contribution is -0.129. The zero-order valence-electron chi connectivity index (χ0n) is 22.3. The zero-order chi connectivity index (χ0) is 26.9. The number of halogens is 1. The molecule has 0 spiro atoms. The third kappa shape index (κ3) is 6.00. The minimum Gasteiger partial charge on any atom is -0.390 e. The molecule has 2 aliphatic heterocycles. The monoisotopic (exact) mass is 511 g/mol. The fourth-order valence-corrected chi connectivity index (χ4v) is 5.23. The maximum absolute atomic E-state index is 13.7. The molecule has 4 rings (SSSR count). The van der Waals surface area contributed by atoms with Crippen molar-refractivity contribution in [2.45, 2.75) is 71.2 Å². The molecule has 2 atom stereocenters. The topological polar surface area (TPSA) is 97.8 Å². The molecule has 0 bridgehead atoms. The molecule has 0 unspecified atom stereocenters. The summed E-state index contributed by atoms with van der Waals surface area (Å²) in [5, 5.41) is 16.4. The maximum Gasteiger partial charge on any atom is 0.241 e. The molecule has 0 aliphatic carbocycles. The number of aliphatic hydroxyl groups excluding tert-OH is 1. The third-order valence-electron chi connectivity index (χ3n) is 7.10. The largest absolute Gasteiger partial charge is 0.390 e. The van der Waals surface area contributed by atoms with Crippen LogP contribution in [0.25, 0.3) is 0 Å². The normalized spacial score (nSPS) is 21.2. The number of aliphatic hydroxyl groups is 1. The quantitative estimate of drug-likeness (QED) is 0.527. The number of hydrogen-bond acceptors (Lipinski definition) is 6. The summed E-state index contributed by atoms with van der Waals surface area (Å²) in [5.74, 6) is -0.478. The van der Waals surface area contributed by atoms with Crippen molar-refractivity contribution in [2.75, 3.05) is 31.1 Å². The fraction of sp³-hybridized carbons (Fsp3) is 0.536. The molecule has 2 amide bonds. The lowest BCUT2D eigenvalue weighted by Crippen LogP contribution is -2.62. The van der Waals surface area contributed by atoms with E-state index in [9.17, 15) is 19.1 Å². The van der Waals surface area contributed by atoms with E-state index in [1.54, 1.807) is 17.0 Å². The van der Waals surface area contributed by atoms with Gasteiger partial charge in [0.15, 0.2) is 0 Å². The van der Waals surface area contributed by atoms with Crippen LogP contribution >= 0.6 is 0 Å². The van der Waals surface area contributed by atoms with Gasteiger partial charge in [-0.2, -0.15) is 0 Å². The number of rotatable bonds is 7. The number of nitrogens with one attached hydrogen (secondary N) is 2. The summed E-state index contributed by atoms with van der Waals surface area (Å²) in [6.07, 6.45) is 0.464. The molecule has 2 aromatic rings. The van der Waals surface area contributed by atoms with Crippen LogP contribution in [-0.4, -0.2) is 71.1 Å². The molecule has 1 aromatic carbocycles. The molecular formula is C28H38FN5O3. The van der Waals surface area contributed by atoms with Crippen LogP contribution in [0.5, 0.6) is 0 Å². The van der Waals surface area contributed by atoms with Crippen LogP contribution in [0.3, 0.4) is 0 Å². The van der Waals surface area contributed by atoms with Crippen LogP contribution in [0.4, 0.5) is 10.1 Å². The van der Waals surface area contributed by atoms with Gasteiger partial charge < -0.3 is 20.6 Å². The van der Waals surface area contributed by atoms with Gasteiger partial charge in [-0.1, -0.05) is 26.0 Å². The van der Waals surface area contributed by atoms with Crippen molar-refractivity contribution in [3.05, 3.63) is 58.7 Å². The summed E-state index contributed by atoms with van der Waals surface area (Å²) < 4.78 is 13.4. The van der Waals surface area contributed by atoms with Crippen molar-refractivity contribution in [1.82, 2.24) is 20.5 Å². The Morgan fingerprint density at radius 1 is 1.27 bits per heavy atom. The van der Waals surface area contributed by atoms with Gasteiger partial charge >= 0.3 is 0 Å². The first-order valence-electron chi connectivity index (χ1n) is 12.9. The number of carbonyl (C=O) groups excluding carboxylic acids is 2. The van der Waals surface area contributed by atoms with E-state index in [1.165, 1.54) is 12.1 Å². The maximum atomic E-state index is 13.7. The first-order valence-corrected chi connectivity index (χ1v) is 12.9. The molecule has 3 N–H and O–H groups in total. The van der Waals surface area contributed by atoms with Gasteiger partial charge in [0, 0.05) is 37.1 Å². The van der Waals surface area contributed by atoms with Crippen molar-refractivity contribution in [3.63, 3.8) is 0 Å². The van der Waals surface area contributed by atoms with E-state index in [0.717, 1.165) is 22.5 Å². The smallest absolute Gasteiger partial charge is 0.241 e. The van der Waals surface area contributed by atoms with Crippen LogP contribution in [0.15, 0.2) is 30.3 Å². The summed E-state index contributed by atoms with van der Waals surface area (Å²) in [4.78, 5) is 35.1. The Morgan fingerprint density at radius 3 is 2.62 bits per heavy atom. The van der Waals surface area contributed by atoms with Gasteiger partial charge in [0.05, 0.1) is 30.2 Å². The highest BCUT2D eigenvalue weighted by molar-refractivity contribution is 5.98. The lowest BCUT2D eigenvalue weighted by atomic mass is 9.90. The molecule has 2 aliphatic rings. The Hall–Kier alpha value is -2.88. The van der Waals surface area contributed by atoms with Crippen molar-refractivity contribution in [3.8, 4) is 0 Å². The fourth-order valence-electron chi connectivity index (χ4n) is 5.23. The van der Waals surface area contributed by atoms with Gasteiger partial charge in [0.2, 0.25) is 11.8 Å². The van der Waals surface area contributed by atoms with Crippen LogP contribution in [0.2, 0.25) is 0 Å². The van der Waals surface area contributed by atoms with E-state index in [1.807, 2.05) is 45.6 Å². The van der Waals surface area contributed by atoms with Gasteiger partial charge in [0.25, 0.3) is 0 Å². The van der Waals surface area contributed by atoms with Gasteiger partial charge in [-0.3, -0.25) is 19.5 Å². The average Bonchev–Trinajstić information content (AvgIpc) is 3.09. The Kier molecular flexibility index (Phi) is 7.96. The lowest BCUT2D eigenvalue weighted by Gasteiger charge is -2.39. The van der Waals surface area contributed by atoms with E-state index in [-0.39, 0.29) is 42.9 Å². The SMILES string of the molecule is CC(C)NC(=O)[C@H]1CN[C@H](C)CN1CC(=O)N1CC(C)(C)c2nc(CO)c(Cc3ccc(F)cc3)cc21. The van der Waals surface area contributed by atoms with Crippen LogP contribution in [-0.2, 0) is 28.0 Å². The highest BCUT2D eigenvalue weighted by Gasteiger charge is 2.42. The molecule has 1 aromatic heterocycles. The predicted molar refractivity (Wildman–Crippen MR) is 141 cm³/mol. The molecule has 3 heterocycles. The summed E-state index contributed by atoms with van der Waals surface area (Å²) in [6, 6.07) is 7.93. The molecule has 9 heteroatoms. The number of benzene rings is 1. The molecule has 0 radical (unpaired) electrons. The van der Waals surface area contributed by atoms with Crippen molar-refractivity contribution < 1.29 is 19.1 Å². The van der Waals surface area contributed by atoms with E-state index in [2.05, 4.69) is 10.6 Å². The third-order valence-corrected chi connectivity index (χ3v) is 7.10. The van der Waals surface area contributed by atoms with E-state index < -0.39 is 11.5 Å². The number of fused-ring (bicyclic) bond motifs is 1. The van der Waals surface area contributed by atoms with Crippen molar-refractivity contribution in [2.24, 2.45) is 0 Å². The van der Waals surface area contributed by atoms with Gasteiger partial charge in [-0.25, -0.2) is 4.39 Å². The zero-order valence-corrected chi connectivity index (χ0v) is 22.3. The summed E-state index contributed by atoms with van der Waals surface area (Å²) in [7, 11) is 0. The summed E-state index contributed by atoms with van der Waals surface area (Å²) in [5.41, 5.74) is 3.36. The van der Waals surface area contributed by atoms with E-state index >= 15 is 0 Å². The highest BCUT2D eigenvalue weighted by Crippen LogP contribution is 2.40. The number of hydrogen-bond donors (Lipinski definition) is 3. The highest BCUT2D eigenvalue weighted by atomic mass is 19.1. The van der Waals surface area contributed by atoms with Gasteiger partial charge in [-0.05, 0) is 56.5 Å². The number of nitrogens with zero attached hydrogens (tertiary/aromatic N) is 3. The van der Waals surface area contributed by atoms with Crippen molar-refractivity contribution in [1.29, 1.82) is 0 Å². The molecule has 200 valence electrons. The van der Waals surface area contributed by atoms with Gasteiger partial charge in [-0.15, -0.1) is 0 Å². The molecule has 1 fully saturated rings. The standard InChI is InChI=1S/C28H38FN5O3/c1-17(2)31-27(37)24-12-30-18(3)13-33(24)14-25(36)34-16-28(4,5)26-23(34)11-20(22(15-35)32-26)10-19-6-8-21(29)9-7-19/h6-9,11,17-18,24,30,35H,10,12-16H2,1-5H3,(H,31,37)/t18-,24-/m1/s1. The predicted octanol–water partition coefficient (Wildman–Crippen LogP) is 2.11. The minimum atomic E-state index is -0.429. The molecule has 37 heavy (non-hydrogen) atoms. The van der Waals surface area contributed by atoms with Crippen LogP contribution in [0.1, 0.15) is 57.1 Å². The molecule has 1 saturated heterocycles. The molecule has 0 saturated carbocycles. The van der Waals surface area contributed by atoms with E-state index in [4.69, 9.17) is 4.98 Å². The average molecular weight is 512 g/mol. The number of anilines is 1. The molecular weight excluding hydrogens is 473 g/mol. The Balaban J connectivity index is 1.61. The first kappa shape index (κ1) is 27.2. The second kappa shape index (κ2) is 10.8. The number of aromatic nitrogens is 1. The first-order chi connectivity index (χ1) is 17.5. The summed E-state index contributed by atoms with van der Waals surface area (Å²) >= 11 is 0. The Morgan fingerprint density at radius 2 is 1.97 bits per heavy atom. The van der Waals surface area contributed by atoms with Crippen LogP contribution < -0.4 is 15.5 Å². The summed E-state index contributed by atoms with van der Waals surface area (Å²) in [6.45, 7) is 11.4. The Bertz CT molecular complexity index is 1150. The Labute approximate surface area is 218 Å². The van der Waals surface area contributed by atoms with Crippen LogP contribution in [0, 0.1) is 5.82 Å². The second-order valence-electron chi connectivity index (χ2n) is 11.2. The number of carbonyl (C=O) groups is 2. The van der Waals surface area contributed by atoms with Gasteiger partial charge in [0.1, 0.15) is 11.9 Å². The number of pyridine rings is 1.